The highest BCUT2D eigenvalue weighted by molar-refractivity contribution is 6.12. The standard InChI is InChI=1S/C75H56N8/c1-46(50-23-12-8-13-24-50)37-65(51-25-14-9-15-26-51)78-49(4)58-40-59(73-79-66(52-27-16-10-17-28-52)43-67(80-73)53-29-18-11-19-30-53)48(3)72(47(58)2)56-32-22-31-54(38-56)55-35-36-63-60(39-55)61-41-62-57-33-20-21-34-69(57)83(70(62)42-64(61)75(63,5)6)74-81-68(44-76)71(45-77)82(74)7/h8-43H,1H2,2-7H3/b65-37-,78-49?. The highest BCUT2D eigenvalue weighted by Gasteiger charge is 2.37. The molecule has 83 heavy (non-hydrogen) atoms. The van der Waals surface area contributed by atoms with Crippen molar-refractivity contribution in [2.45, 2.75) is 40.0 Å². The zero-order valence-corrected chi connectivity index (χ0v) is 47.1. The van der Waals surface area contributed by atoms with Crippen LogP contribution in [0, 0.1) is 36.5 Å². The van der Waals surface area contributed by atoms with Gasteiger partial charge in [0.15, 0.2) is 17.2 Å². The van der Waals surface area contributed by atoms with Crippen LogP contribution in [0.5, 0.6) is 0 Å². The van der Waals surface area contributed by atoms with Crippen molar-refractivity contribution in [2.24, 2.45) is 12.0 Å². The molecule has 0 radical (unpaired) electrons. The lowest BCUT2D eigenvalue weighted by atomic mass is 9.82. The van der Waals surface area contributed by atoms with E-state index in [9.17, 15) is 10.5 Å². The summed E-state index contributed by atoms with van der Waals surface area (Å²) in [6.07, 6.45) is 2.08. The molecule has 1 aliphatic rings. The van der Waals surface area contributed by atoms with Crippen LogP contribution in [-0.2, 0) is 12.5 Å². The number of allylic oxidation sites excluding steroid dienone is 2. The molecule has 13 rings (SSSR count). The van der Waals surface area contributed by atoms with Gasteiger partial charge in [-0.1, -0.05) is 190 Å². The summed E-state index contributed by atoms with van der Waals surface area (Å²) in [5, 5.41) is 22.2. The molecule has 0 atom stereocenters. The molecule has 0 aliphatic heterocycles. The zero-order chi connectivity index (χ0) is 57.1. The van der Waals surface area contributed by atoms with E-state index in [4.69, 9.17) is 19.9 Å². The average molecular weight is 1070 g/mol. The minimum atomic E-state index is -0.340. The van der Waals surface area contributed by atoms with Crippen LogP contribution < -0.4 is 0 Å². The van der Waals surface area contributed by atoms with E-state index in [-0.39, 0.29) is 16.8 Å². The van der Waals surface area contributed by atoms with Gasteiger partial charge in [-0.3, -0.25) is 9.56 Å². The lowest BCUT2D eigenvalue weighted by molar-refractivity contribution is 0.661. The van der Waals surface area contributed by atoms with Gasteiger partial charge >= 0.3 is 0 Å². The minimum absolute atomic E-state index is 0.107. The van der Waals surface area contributed by atoms with Crippen molar-refractivity contribution in [3.63, 3.8) is 0 Å². The van der Waals surface area contributed by atoms with Crippen LogP contribution in [0.1, 0.15) is 71.1 Å². The lowest BCUT2D eigenvalue weighted by Gasteiger charge is -2.22. The van der Waals surface area contributed by atoms with E-state index in [0.717, 1.165) is 117 Å². The lowest BCUT2D eigenvalue weighted by Crippen LogP contribution is -2.15. The van der Waals surface area contributed by atoms with E-state index < -0.39 is 0 Å². The third-order valence-electron chi connectivity index (χ3n) is 16.6. The van der Waals surface area contributed by atoms with Crippen molar-refractivity contribution in [3.05, 3.63) is 275 Å². The summed E-state index contributed by atoms with van der Waals surface area (Å²) in [6, 6.07) is 78.6. The molecule has 9 aromatic carbocycles. The zero-order valence-electron chi connectivity index (χ0n) is 47.1. The van der Waals surface area contributed by atoms with Crippen LogP contribution in [-0.4, -0.2) is 29.8 Å². The molecule has 0 saturated carbocycles. The molecule has 0 saturated heterocycles. The van der Waals surface area contributed by atoms with Crippen molar-refractivity contribution in [3.8, 4) is 85.4 Å². The largest absolute Gasteiger partial charge is 0.303 e. The van der Waals surface area contributed by atoms with Crippen LogP contribution >= 0.6 is 0 Å². The Balaban J connectivity index is 0.983. The molecule has 0 amide bonds. The topological polar surface area (TPSA) is 108 Å². The van der Waals surface area contributed by atoms with Crippen molar-refractivity contribution in [1.82, 2.24) is 24.1 Å². The third kappa shape index (κ3) is 8.95. The molecule has 1 aliphatic carbocycles. The number of rotatable bonds is 11. The molecule has 0 fully saturated rings. The van der Waals surface area contributed by atoms with Crippen LogP contribution in [0.25, 0.3) is 106 Å². The van der Waals surface area contributed by atoms with E-state index in [1.54, 1.807) is 11.6 Å². The number of fused-ring (bicyclic) bond motifs is 6. The number of hydrogen-bond acceptors (Lipinski definition) is 6. The number of aliphatic imine (C=N–C) groups is 1. The number of nitrogens with zero attached hydrogens (tertiary/aromatic N) is 8. The second-order valence-corrected chi connectivity index (χ2v) is 21.9. The van der Waals surface area contributed by atoms with Crippen LogP contribution in [0.2, 0.25) is 0 Å². The molecule has 12 aromatic rings. The van der Waals surface area contributed by atoms with E-state index in [0.29, 0.717) is 11.8 Å². The van der Waals surface area contributed by atoms with Crippen molar-refractivity contribution in [2.75, 3.05) is 0 Å². The second-order valence-electron chi connectivity index (χ2n) is 21.9. The highest BCUT2D eigenvalue weighted by Crippen LogP contribution is 2.52. The summed E-state index contributed by atoms with van der Waals surface area (Å²) in [4.78, 5) is 21.0. The maximum absolute atomic E-state index is 10.1. The molecular formula is C75H56N8. The van der Waals surface area contributed by atoms with Gasteiger partial charge in [-0.05, 0) is 142 Å². The molecule has 3 heterocycles. The van der Waals surface area contributed by atoms with Gasteiger partial charge in [-0.2, -0.15) is 15.5 Å². The quantitative estimate of drug-likeness (QED) is 0.0947. The molecule has 0 bridgehead atoms. The third-order valence-corrected chi connectivity index (χ3v) is 16.6. The van der Waals surface area contributed by atoms with Gasteiger partial charge in [0.2, 0.25) is 5.95 Å². The minimum Gasteiger partial charge on any atom is -0.303 e. The fourth-order valence-electron chi connectivity index (χ4n) is 12.3. The second kappa shape index (κ2) is 20.7. The van der Waals surface area contributed by atoms with Gasteiger partial charge in [0.25, 0.3) is 0 Å². The maximum Gasteiger partial charge on any atom is 0.216 e. The van der Waals surface area contributed by atoms with Crippen LogP contribution in [0.3, 0.4) is 0 Å². The number of nitriles is 2. The average Bonchev–Trinajstić information content (AvgIpc) is 1.84. The van der Waals surface area contributed by atoms with E-state index in [2.05, 4.69) is 197 Å². The van der Waals surface area contributed by atoms with Gasteiger partial charge in [0.1, 0.15) is 12.1 Å². The van der Waals surface area contributed by atoms with Gasteiger partial charge in [-0.25, -0.2) is 9.97 Å². The molecule has 8 nitrogen and oxygen atoms in total. The predicted octanol–water partition coefficient (Wildman–Crippen LogP) is 17.9. The highest BCUT2D eigenvalue weighted by atomic mass is 15.2. The molecule has 3 aromatic heterocycles. The fourth-order valence-corrected chi connectivity index (χ4v) is 12.3. The molecule has 396 valence electrons. The Morgan fingerprint density at radius 1 is 0.542 bits per heavy atom. The van der Waals surface area contributed by atoms with Gasteiger partial charge in [0.05, 0.1) is 28.1 Å². The predicted molar refractivity (Wildman–Crippen MR) is 339 cm³/mol. The Morgan fingerprint density at radius 3 is 1.78 bits per heavy atom. The summed E-state index contributed by atoms with van der Waals surface area (Å²) in [5.74, 6) is 1.15. The monoisotopic (exact) mass is 1070 g/mol. The molecule has 0 unspecified atom stereocenters. The number of para-hydroxylation sites is 1. The first kappa shape index (κ1) is 51.6. The van der Waals surface area contributed by atoms with Crippen LogP contribution in [0.4, 0.5) is 0 Å². The summed E-state index contributed by atoms with van der Waals surface area (Å²) in [7, 11) is 1.80. The van der Waals surface area contributed by atoms with Gasteiger partial charge < -0.3 is 4.57 Å². The normalized spacial score (nSPS) is 12.7. The Morgan fingerprint density at radius 2 is 1.13 bits per heavy atom. The van der Waals surface area contributed by atoms with Crippen molar-refractivity contribution in [1.29, 1.82) is 10.5 Å². The summed E-state index contributed by atoms with van der Waals surface area (Å²) in [5.41, 5.74) is 23.3. The Hall–Kier alpha value is -10.8. The Kier molecular flexibility index (Phi) is 12.9. The number of benzene rings is 9. The summed E-state index contributed by atoms with van der Waals surface area (Å²) < 4.78 is 3.81. The van der Waals surface area contributed by atoms with Crippen molar-refractivity contribution >= 4 is 38.8 Å². The van der Waals surface area contributed by atoms with Gasteiger partial charge in [-0.15, -0.1) is 0 Å². The van der Waals surface area contributed by atoms with E-state index in [1.165, 1.54) is 22.3 Å². The number of hydrogen-bond donors (Lipinski definition) is 0. The summed E-state index contributed by atoms with van der Waals surface area (Å²) >= 11 is 0. The first-order chi connectivity index (χ1) is 40.4. The van der Waals surface area contributed by atoms with E-state index in [1.807, 2.05) is 78.9 Å². The smallest absolute Gasteiger partial charge is 0.216 e. The molecule has 0 spiro atoms. The molecular weight excluding hydrogens is 1010 g/mol. The Bertz CT molecular complexity index is 4700. The van der Waals surface area contributed by atoms with Crippen molar-refractivity contribution < 1.29 is 0 Å². The molecule has 8 heteroatoms. The first-order valence-electron chi connectivity index (χ1n) is 27.8. The number of aromatic nitrogens is 5. The fraction of sp³-hybridized carbons (Fsp3) is 0.0933. The summed E-state index contributed by atoms with van der Waals surface area (Å²) in [6.45, 7) is 15.6. The first-order valence-corrected chi connectivity index (χ1v) is 27.8. The SMILES string of the molecule is C=C(/C=C(\N=C(C)c1cc(-c2nc(-c3ccccc3)cc(-c3ccccc3)n2)c(C)c(-c2cccc(-c3ccc4c(c3)-c3cc5c6ccccc6n(-c6nc(C#N)c(C#N)n6C)c5cc3C4(C)C)c2)c1C)c1ccccc1)c1ccccc1. The van der Waals surface area contributed by atoms with Crippen LogP contribution in [0.15, 0.2) is 230 Å². The van der Waals surface area contributed by atoms with E-state index >= 15 is 0 Å². The molecule has 0 N–H and O–H groups in total. The van der Waals surface area contributed by atoms with Gasteiger partial charge in [0, 0.05) is 51.2 Å². The number of imidazole rings is 1. The maximum atomic E-state index is 10.1. The Labute approximate surface area is 483 Å².